The zero-order chi connectivity index (χ0) is 20.1. The number of rotatable bonds is 6. The minimum absolute atomic E-state index is 0.160. The third-order valence-corrected chi connectivity index (χ3v) is 4.97. The first-order chi connectivity index (χ1) is 13.5. The van der Waals surface area contributed by atoms with Crippen molar-refractivity contribution in [1.82, 2.24) is 14.7 Å². The lowest BCUT2D eigenvalue weighted by Crippen LogP contribution is -2.48. The molecule has 1 aliphatic rings. The lowest BCUT2D eigenvalue weighted by molar-refractivity contribution is -0.143. The van der Waals surface area contributed by atoms with E-state index in [4.69, 9.17) is 0 Å². The zero-order valence-corrected chi connectivity index (χ0v) is 15.8. The topological polar surface area (TPSA) is 105 Å². The van der Waals surface area contributed by atoms with Gasteiger partial charge in [-0.3, -0.25) is 14.3 Å². The molecule has 1 aromatic carbocycles. The number of carbonyl (C=O) groups excluding carboxylic acids is 2. The number of nitrogens with zero attached hydrogens (tertiary/aromatic N) is 3. The third-order valence-electron chi connectivity index (χ3n) is 4.97. The number of amides is 2. The quantitative estimate of drug-likeness (QED) is 0.793. The van der Waals surface area contributed by atoms with Crippen molar-refractivity contribution in [2.75, 3.05) is 11.9 Å². The molecule has 2 heterocycles. The van der Waals surface area contributed by atoms with Gasteiger partial charge < -0.3 is 15.3 Å². The molecule has 1 unspecified atom stereocenters. The average molecular weight is 384 g/mol. The number of aromatic nitrogens is 2. The first kappa shape index (κ1) is 19.6. The third kappa shape index (κ3) is 4.57. The Balaban J connectivity index is 1.64. The van der Waals surface area contributed by atoms with E-state index < -0.39 is 12.0 Å². The molecule has 28 heavy (non-hydrogen) atoms. The Hall–Kier alpha value is -3.16. The first-order valence-electron chi connectivity index (χ1n) is 9.36. The van der Waals surface area contributed by atoms with Gasteiger partial charge in [-0.25, -0.2) is 4.79 Å². The van der Waals surface area contributed by atoms with Crippen molar-refractivity contribution in [2.45, 2.75) is 38.1 Å². The van der Waals surface area contributed by atoms with Gasteiger partial charge in [0.2, 0.25) is 5.91 Å². The maximum atomic E-state index is 12.8. The summed E-state index contributed by atoms with van der Waals surface area (Å²) in [6.45, 7) is 0.428. The highest BCUT2D eigenvalue weighted by Crippen LogP contribution is 2.21. The van der Waals surface area contributed by atoms with Crippen LogP contribution in [0.2, 0.25) is 0 Å². The minimum Gasteiger partial charge on any atom is -0.480 e. The lowest BCUT2D eigenvalue weighted by Gasteiger charge is -2.33. The molecule has 0 bridgehead atoms. The Bertz CT molecular complexity index is 877. The van der Waals surface area contributed by atoms with Crippen LogP contribution >= 0.6 is 0 Å². The molecule has 148 valence electrons. The Kier molecular flexibility index (Phi) is 6.08. The van der Waals surface area contributed by atoms with Crippen molar-refractivity contribution in [1.29, 1.82) is 0 Å². The van der Waals surface area contributed by atoms with Crippen molar-refractivity contribution in [3.05, 3.63) is 47.8 Å². The standard InChI is InChI=1S/C20H24N4O4/c1-23-16(10-11-21-23)8-9-18(25)22-15-6-4-5-14(13-15)19(26)24-12-3-2-7-17(24)20(27)28/h4-6,10-11,13,17H,2-3,7-9,12H2,1H3,(H,22,25)(H,27,28). The van der Waals surface area contributed by atoms with Crippen LogP contribution in [-0.2, 0) is 23.1 Å². The summed E-state index contributed by atoms with van der Waals surface area (Å²) in [4.78, 5) is 37.9. The normalized spacial score (nSPS) is 16.6. The number of anilines is 1. The van der Waals surface area contributed by atoms with Gasteiger partial charge in [0.25, 0.3) is 5.91 Å². The van der Waals surface area contributed by atoms with E-state index in [0.29, 0.717) is 37.1 Å². The number of aliphatic carboxylic acids is 1. The highest BCUT2D eigenvalue weighted by molar-refractivity contribution is 5.99. The number of benzene rings is 1. The molecule has 1 saturated heterocycles. The van der Waals surface area contributed by atoms with Gasteiger partial charge >= 0.3 is 5.97 Å². The van der Waals surface area contributed by atoms with Gasteiger partial charge in [0, 0.05) is 43.2 Å². The van der Waals surface area contributed by atoms with E-state index in [1.54, 1.807) is 35.1 Å². The molecule has 3 rings (SSSR count). The number of hydrogen-bond acceptors (Lipinski definition) is 4. The molecule has 1 aliphatic heterocycles. The monoisotopic (exact) mass is 384 g/mol. The van der Waals surface area contributed by atoms with Crippen LogP contribution in [0.1, 0.15) is 41.7 Å². The van der Waals surface area contributed by atoms with Gasteiger partial charge in [-0.1, -0.05) is 6.07 Å². The molecule has 0 saturated carbocycles. The number of piperidine rings is 1. The van der Waals surface area contributed by atoms with Crippen molar-refractivity contribution >= 4 is 23.5 Å². The summed E-state index contributed by atoms with van der Waals surface area (Å²) in [7, 11) is 1.83. The van der Waals surface area contributed by atoms with Crippen molar-refractivity contribution < 1.29 is 19.5 Å². The van der Waals surface area contributed by atoms with E-state index in [2.05, 4.69) is 10.4 Å². The van der Waals surface area contributed by atoms with E-state index in [1.165, 1.54) is 4.90 Å². The number of aryl methyl sites for hydroxylation is 2. The van der Waals surface area contributed by atoms with Gasteiger partial charge in [-0.15, -0.1) is 0 Å². The first-order valence-corrected chi connectivity index (χ1v) is 9.36. The zero-order valence-electron chi connectivity index (χ0n) is 15.8. The van der Waals surface area contributed by atoms with Crippen LogP contribution < -0.4 is 5.32 Å². The van der Waals surface area contributed by atoms with Crippen molar-refractivity contribution in [2.24, 2.45) is 7.05 Å². The van der Waals surface area contributed by atoms with E-state index in [1.807, 2.05) is 13.1 Å². The molecule has 8 nitrogen and oxygen atoms in total. The number of nitrogens with one attached hydrogen (secondary N) is 1. The molecule has 1 atom stereocenters. The highest BCUT2D eigenvalue weighted by Gasteiger charge is 2.32. The fraction of sp³-hybridized carbons (Fsp3) is 0.400. The molecule has 2 amide bonds. The molecule has 0 aliphatic carbocycles. The van der Waals surface area contributed by atoms with Gasteiger partial charge in [0.1, 0.15) is 6.04 Å². The van der Waals surface area contributed by atoms with Crippen LogP contribution in [0.25, 0.3) is 0 Å². The van der Waals surface area contributed by atoms with Crippen LogP contribution in [0, 0.1) is 0 Å². The van der Waals surface area contributed by atoms with Crippen molar-refractivity contribution in [3.8, 4) is 0 Å². The summed E-state index contributed by atoms with van der Waals surface area (Å²) < 4.78 is 1.73. The molecule has 0 radical (unpaired) electrons. The van der Waals surface area contributed by atoms with Crippen LogP contribution in [0.5, 0.6) is 0 Å². The summed E-state index contributed by atoms with van der Waals surface area (Å²) in [5.41, 5.74) is 1.85. The molecular formula is C20H24N4O4. The molecular weight excluding hydrogens is 360 g/mol. The van der Waals surface area contributed by atoms with Gasteiger partial charge in [0.15, 0.2) is 0 Å². The summed E-state index contributed by atoms with van der Waals surface area (Å²) in [5, 5.41) is 16.3. The average Bonchev–Trinajstić information content (AvgIpc) is 3.11. The lowest BCUT2D eigenvalue weighted by atomic mass is 10.0. The fourth-order valence-corrected chi connectivity index (χ4v) is 3.44. The number of carboxylic acids is 1. The van der Waals surface area contributed by atoms with Gasteiger partial charge in [0.05, 0.1) is 0 Å². The Morgan fingerprint density at radius 2 is 2.07 bits per heavy atom. The SMILES string of the molecule is Cn1nccc1CCC(=O)Nc1cccc(C(=O)N2CCCCC2C(=O)O)c1. The molecule has 2 aromatic rings. The van der Waals surface area contributed by atoms with E-state index in [0.717, 1.165) is 18.5 Å². The molecule has 1 aromatic heterocycles. The predicted octanol–water partition coefficient (Wildman–Crippen LogP) is 2.07. The van der Waals surface area contributed by atoms with Crippen LogP contribution in [-0.4, -0.2) is 50.2 Å². The molecule has 1 fully saturated rings. The second-order valence-corrected chi connectivity index (χ2v) is 6.92. The van der Waals surface area contributed by atoms with Crippen LogP contribution in [0.4, 0.5) is 5.69 Å². The summed E-state index contributed by atoms with van der Waals surface area (Å²) >= 11 is 0. The maximum absolute atomic E-state index is 12.8. The summed E-state index contributed by atoms with van der Waals surface area (Å²) in [6, 6.07) is 7.70. The summed E-state index contributed by atoms with van der Waals surface area (Å²) in [5.74, 6) is -1.46. The van der Waals surface area contributed by atoms with Gasteiger partial charge in [-0.05, 0) is 49.9 Å². The maximum Gasteiger partial charge on any atom is 0.326 e. The molecule has 0 spiro atoms. The predicted molar refractivity (Wildman–Crippen MR) is 103 cm³/mol. The second kappa shape index (κ2) is 8.69. The van der Waals surface area contributed by atoms with Crippen molar-refractivity contribution in [3.63, 3.8) is 0 Å². The number of carbonyl (C=O) groups is 3. The number of hydrogen-bond donors (Lipinski definition) is 2. The van der Waals surface area contributed by atoms with Crippen LogP contribution in [0.15, 0.2) is 36.5 Å². The van der Waals surface area contributed by atoms with E-state index in [9.17, 15) is 19.5 Å². The van der Waals surface area contributed by atoms with Gasteiger partial charge in [-0.2, -0.15) is 5.10 Å². The van der Waals surface area contributed by atoms with E-state index in [-0.39, 0.29) is 11.8 Å². The Morgan fingerprint density at radius 3 is 2.79 bits per heavy atom. The van der Waals surface area contributed by atoms with Crippen LogP contribution in [0.3, 0.4) is 0 Å². The largest absolute Gasteiger partial charge is 0.480 e. The van der Waals surface area contributed by atoms with E-state index >= 15 is 0 Å². The Labute approximate surface area is 163 Å². The molecule has 8 heteroatoms. The molecule has 2 N–H and O–H groups in total. The smallest absolute Gasteiger partial charge is 0.326 e. The second-order valence-electron chi connectivity index (χ2n) is 6.92. The highest BCUT2D eigenvalue weighted by atomic mass is 16.4. The summed E-state index contributed by atoms with van der Waals surface area (Å²) in [6.07, 6.45) is 4.60. The minimum atomic E-state index is -0.979. The number of likely N-dealkylation sites (tertiary alicyclic amines) is 1. The fourth-order valence-electron chi connectivity index (χ4n) is 3.44. The Morgan fingerprint density at radius 1 is 1.25 bits per heavy atom. The number of carboxylic acid groups (broad SMARTS) is 1.